The molecule has 2 heterocycles. The maximum absolute atomic E-state index is 13.3. The Hall–Kier alpha value is -1.79. The number of piperidine rings is 2. The van der Waals surface area contributed by atoms with Crippen molar-refractivity contribution in [1.82, 2.24) is 9.80 Å². The number of nitrogens with zero attached hydrogens (tertiary/aromatic N) is 2. The van der Waals surface area contributed by atoms with Crippen molar-refractivity contribution in [2.45, 2.75) is 57.6 Å². The number of likely N-dealkylation sites (tertiary alicyclic amines) is 2. The first kappa shape index (κ1) is 20.9. The Kier molecular flexibility index (Phi) is 7.18. The van der Waals surface area contributed by atoms with Crippen molar-refractivity contribution in [3.05, 3.63) is 28.8 Å². The number of benzene rings is 1. The van der Waals surface area contributed by atoms with Gasteiger partial charge in [0.05, 0.1) is 5.56 Å². The van der Waals surface area contributed by atoms with E-state index in [2.05, 4.69) is 0 Å². The lowest BCUT2D eigenvalue weighted by atomic mass is 9.98. The van der Waals surface area contributed by atoms with Crippen LogP contribution < -0.4 is 4.74 Å². The molecular formula is C21H29ClN2O4. The third kappa shape index (κ3) is 4.97. The van der Waals surface area contributed by atoms with Crippen molar-refractivity contribution in [2.75, 3.05) is 26.2 Å². The van der Waals surface area contributed by atoms with Gasteiger partial charge in [-0.05, 0) is 43.9 Å². The summed E-state index contributed by atoms with van der Waals surface area (Å²) in [6, 6.07) is 5.23. The van der Waals surface area contributed by atoms with Crippen molar-refractivity contribution in [2.24, 2.45) is 0 Å². The molecule has 0 radical (unpaired) electrons. The second-order valence-corrected chi connectivity index (χ2v) is 8.06. The van der Waals surface area contributed by atoms with Gasteiger partial charge in [-0.1, -0.05) is 11.6 Å². The van der Waals surface area contributed by atoms with Gasteiger partial charge in [0.15, 0.2) is 0 Å². The summed E-state index contributed by atoms with van der Waals surface area (Å²) in [5.74, 6) is 0.543. The predicted molar refractivity (Wildman–Crippen MR) is 108 cm³/mol. The lowest BCUT2D eigenvalue weighted by Crippen LogP contribution is -2.44. The maximum atomic E-state index is 13.3. The average molecular weight is 409 g/mol. The highest BCUT2D eigenvalue weighted by molar-refractivity contribution is 6.31. The van der Waals surface area contributed by atoms with Crippen LogP contribution in [0.3, 0.4) is 0 Å². The lowest BCUT2D eigenvalue weighted by Gasteiger charge is -2.36. The van der Waals surface area contributed by atoms with Gasteiger partial charge in [0.2, 0.25) is 5.91 Å². The van der Waals surface area contributed by atoms with Gasteiger partial charge in [0.1, 0.15) is 11.9 Å². The van der Waals surface area contributed by atoms with E-state index in [1.807, 2.05) is 9.80 Å². The molecule has 0 aromatic heterocycles. The molecule has 2 fully saturated rings. The van der Waals surface area contributed by atoms with Crippen LogP contribution >= 0.6 is 11.6 Å². The summed E-state index contributed by atoms with van der Waals surface area (Å²) in [7, 11) is 0. The van der Waals surface area contributed by atoms with E-state index in [1.165, 1.54) is 0 Å². The van der Waals surface area contributed by atoms with E-state index in [4.69, 9.17) is 16.3 Å². The number of amides is 2. The zero-order valence-corrected chi connectivity index (χ0v) is 17.2. The summed E-state index contributed by atoms with van der Waals surface area (Å²) >= 11 is 6.18. The lowest BCUT2D eigenvalue weighted by molar-refractivity contribution is -0.130. The summed E-state index contributed by atoms with van der Waals surface area (Å²) in [4.78, 5) is 28.5. The molecule has 1 N–H and O–H groups in total. The number of carbonyl (C=O) groups excluding carboxylic acids is 2. The van der Waals surface area contributed by atoms with Crippen LogP contribution in [-0.2, 0) is 4.79 Å². The summed E-state index contributed by atoms with van der Waals surface area (Å²) < 4.78 is 6.18. The third-order valence-corrected chi connectivity index (χ3v) is 5.94. The van der Waals surface area contributed by atoms with Gasteiger partial charge in [-0.25, -0.2) is 0 Å². The molecule has 0 saturated carbocycles. The number of halogens is 1. The topological polar surface area (TPSA) is 70.1 Å². The van der Waals surface area contributed by atoms with Crippen molar-refractivity contribution in [1.29, 1.82) is 0 Å². The number of carbonyl (C=O) groups is 2. The monoisotopic (exact) mass is 408 g/mol. The van der Waals surface area contributed by atoms with Gasteiger partial charge >= 0.3 is 0 Å². The normalized spacial score (nSPS) is 20.9. The van der Waals surface area contributed by atoms with Crippen molar-refractivity contribution < 1.29 is 19.4 Å². The quantitative estimate of drug-likeness (QED) is 0.812. The zero-order valence-electron chi connectivity index (χ0n) is 16.4. The zero-order chi connectivity index (χ0) is 20.1. The fourth-order valence-corrected chi connectivity index (χ4v) is 4.28. The average Bonchev–Trinajstić information content (AvgIpc) is 2.70. The van der Waals surface area contributed by atoms with Gasteiger partial charge in [-0.2, -0.15) is 0 Å². The Balaban J connectivity index is 1.75. The van der Waals surface area contributed by atoms with E-state index < -0.39 is 0 Å². The highest BCUT2D eigenvalue weighted by Crippen LogP contribution is 2.30. The second-order valence-electron chi connectivity index (χ2n) is 7.62. The molecule has 28 heavy (non-hydrogen) atoms. The molecule has 3 rings (SSSR count). The van der Waals surface area contributed by atoms with Crippen LogP contribution in [0.4, 0.5) is 0 Å². The number of rotatable bonds is 5. The molecule has 1 aromatic rings. The van der Waals surface area contributed by atoms with E-state index in [-0.39, 0.29) is 30.6 Å². The SMILES string of the molecule is CC(=O)N1CCC(Oc2ccc(Cl)cc2C(=O)N2CCCC[C@H]2CCO)CC1. The molecule has 0 bridgehead atoms. The first-order chi connectivity index (χ1) is 13.5. The molecular weight excluding hydrogens is 380 g/mol. The molecule has 6 nitrogen and oxygen atoms in total. The molecule has 2 aliphatic rings. The number of aliphatic hydroxyl groups is 1. The first-order valence-electron chi connectivity index (χ1n) is 10.1. The number of hydrogen-bond acceptors (Lipinski definition) is 4. The Bertz CT molecular complexity index is 702. The van der Waals surface area contributed by atoms with Crippen LogP contribution in [0.2, 0.25) is 5.02 Å². The molecule has 2 amide bonds. The van der Waals surface area contributed by atoms with Gasteiger partial charge < -0.3 is 19.6 Å². The van der Waals surface area contributed by atoms with Crippen LogP contribution in [0, 0.1) is 0 Å². The van der Waals surface area contributed by atoms with Crippen molar-refractivity contribution in [3.63, 3.8) is 0 Å². The molecule has 154 valence electrons. The summed E-state index contributed by atoms with van der Waals surface area (Å²) in [5.41, 5.74) is 0.478. The van der Waals surface area contributed by atoms with E-state index >= 15 is 0 Å². The minimum Gasteiger partial charge on any atom is -0.489 e. The number of ether oxygens (including phenoxy) is 1. The second kappa shape index (κ2) is 9.61. The third-order valence-electron chi connectivity index (χ3n) is 5.70. The largest absolute Gasteiger partial charge is 0.489 e. The van der Waals surface area contributed by atoms with Crippen LogP contribution in [0.15, 0.2) is 18.2 Å². The van der Waals surface area contributed by atoms with Gasteiger partial charge in [-0.15, -0.1) is 0 Å². The highest BCUT2D eigenvalue weighted by atomic mass is 35.5. The predicted octanol–water partition coefficient (Wildman–Crippen LogP) is 3.11. The van der Waals surface area contributed by atoms with E-state index in [9.17, 15) is 14.7 Å². The standard InChI is InChI=1S/C21H29ClN2O4/c1-15(26)23-11-7-18(8-12-23)28-20-6-5-16(22)14-19(20)21(27)24-10-3-2-4-17(24)9-13-25/h5-6,14,17-18,25H,2-4,7-13H2,1H3/t17-/m0/s1. The Morgan fingerprint density at radius 3 is 2.61 bits per heavy atom. The molecule has 0 unspecified atom stereocenters. The van der Waals surface area contributed by atoms with Crippen molar-refractivity contribution in [3.8, 4) is 5.75 Å². The van der Waals surface area contributed by atoms with Crippen LogP contribution in [0.1, 0.15) is 55.8 Å². The molecule has 2 saturated heterocycles. The Morgan fingerprint density at radius 1 is 1.18 bits per heavy atom. The fraction of sp³-hybridized carbons (Fsp3) is 0.619. The molecule has 0 aliphatic carbocycles. The molecule has 1 aromatic carbocycles. The number of aliphatic hydroxyl groups excluding tert-OH is 1. The Morgan fingerprint density at radius 2 is 1.93 bits per heavy atom. The summed E-state index contributed by atoms with van der Waals surface area (Å²) in [6.07, 6.45) is 4.99. The first-order valence-corrected chi connectivity index (χ1v) is 10.5. The maximum Gasteiger partial charge on any atom is 0.257 e. The minimum atomic E-state index is -0.0863. The van der Waals surface area contributed by atoms with Gasteiger partial charge in [0.25, 0.3) is 5.91 Å². The Labute approximate surface area is 171 Å². The van der Waals surface area contributed by atoms with Gasteiger partial charge in [0, 0.05) is 57.1 Å². The summed E-state index contributed by atoms with van der Waals surface area (Å²) in [5, 5.41) is 9.85. The minimum absolute atomic E-state index is 0.0297. The van der Waals surface area contributed by atoms with Crippen molar-refractivity contribution >= 4 is 23.4 Å². The van der Waals surface area contributed by atoms with E-state index in [0.717, 1.165) is 32.1 Å². The van der Waals surface area contributed by atoms with Gasteiger partial charge in [-0.3, -0.25) is 9.59 Å². The van der Waals surface area contributed by atoms with Crippen LogP contribution in [0.25, 0.3) is 0 Å². The van der Waals surface area contributed by atoms with Crippen LogP contribution in [-0.4, -0.2) is 65.1 Å². The summed E-state index contributed by atoms with van der Waals surface area (Å²) in [6.45, 7) is 3.68. The number of hydrogen-bond donors (Lipinski definition) is 1. The fourth-order valence-electron chi connectivity index (χ4n) is 4.11. The molecule has 1 atom stereocenters. The van der Waals surface area contributed by atoms with E-state index in [0.29, 0.717) is 42.4 Å². The van der Waals surface area contributed by atoms with Crippen LogP contribution in [0.5, 0.6) is 5.75 Å². The van der Waals surface area contributed by atoms with E-state index in [1.54, 1.807) is 25.1 Å². The molecule has 2 aliphatic heterocycles. The molecule has 7 heteroatoms. The smallest absolute Gasteiger partial charge is 0.257 e. The molecule has 0 spiro atoms. The highest BCUT2D eigenvalue weighted by Gasteiger charge is 2.30.